The number of carbonyl (C=O) groups is 1. The third-order valence-electron chi connectivity index (χ3n) is 2.58. The normalized spacial score (nSPS) is 10.3. The molecule has 2 aromatic carbocycles. The van der Waals surface area contributed by atoms with Gasteiger partial charge in [-0.15, -0.1) is 0 Å². The van der Waals surface area contributed by atoms with E-state index in [-0.39, 0.29) is 22.0 Å². The lowest BCUT2D eigenvalue weighted by Gasteiger charge is -2.13. The van der Waals surface area contributed by atoms with Crippen LogP contribution in [-0.2, 0) is 0 Å². The standard InChI is InChI=1S/C13H10ClF2N3O/c14-9-3-6(15)4-10(16)12(9)19-11-5-7(17)1-2-8(11)13(18)20/h1-5,19H,17H2,(H2,18,20). The molecule has 0 saturated carbocycles. The van der Waals surface area contributed by atoms with Crippen LogP contribution in [0.25, 0.3) is 0 Å². The van der Waals surface area contributed by atoms with Gasteiger partial charge in [0.1, 0.15) is 5.82 Å². The van der Waals surface area contributed by atoms with Crippen molar-refractivity contribution in [2.75, 3.05) is 11.1 Å². The summed E-state index contributed by atoms with van der Waals surface area (Å²) < 4.78 is 26.7. The molecule has 0 aliphatic heterocycles. The topological polar surface area (TPSA) is 81.1 Å². The van der Waals surface area contributed by atoms with Gasteiger partial charge in [0.05, 0.1) is 22.0 Å². The molecule has 0 fully saturated rings. The van der Waals surface area contributed by atoms with Gasteiger partial charge in [0.2, 0.25) is 0 Å². The second kappa shape index (κ2) is 5.34. The van der Waals surface area contributed by atoms with E-state index in [1.807, 2.05) is 0 Å². The quantitative estimate of drug-likeness (QED) is 0.762. The summed E-state index contributed by atoms with van der Waals surface area (Å²) in [6.07, 6.45) is 0. The van der Waals surface area contributed by atoms with E-state index in [4.69, 9.17) is 23.1 Å². The number of rotatable bonds is 3. The average Bonchev–Trinajstić information content (AvgIpc) is 2.33. The number of amides is 1. The summed E-state index contributed by atoms with van der Waals surface area (Å²) >= 11 is 5.77. The molecule has 5 N–H and O–H groups in total. The molecule has 0 atom stereocenters. The van der Waals surface area contributed by atoms with Crippen molar-refractivity contribution >= 4 is 34.6 Å². The zero-order valence-electron chi connectivity index (χ0n) is 10.1. The molecular formula is C13H10ClF2N3O. The summed E-state index contributed by atoms with van der Waals surface area (Å²) in [7, 11) is 0. The highest BCUT2D eigenvalue weighted by atomic mass is 35.5. The van der Waals surface area contributed by atoms with Gasteiger partial charge in [-0.3, -0.25) is 4.79 Å². The highest BCUT2D eigenvalue weighted by Gasteiger charge is 2.14. The maximum absolute atomic E-state index is 13.7. The molecule has 0 aliphatic carbocycles. The number of nitrogens with one attached hydrogen (secondary N) is 1. The molecule has 7 heteroatoms. The van der Waals surface area contributed by atoms with Gasteiger partial charge < -0.3 is 16.8 Å². The molecule has 0 bridgehead atoms. The van der Waals surface area contributed by atoms with E-state index in [1.54, 1.807) is 0 Å². The second-order valence-electron chi connectivity index (χ2n) is 4.04. The molecule has 0 aromatic heterocycles. The molecule has 0 spiro atoms. The minimum absolute atomic E-state index is 0.110. The Labute approximate surface area is 118 Å². The Morgan fingerprint density at radius 2 is 1.90 bits per heavy atom. The number of nitrogens with two attached hydrogens (primary N) is 2. The van der Waals surface area contributed by atoms with Gasteiger partial charge in [-0.05, 0) is 24.3 Å². The Morgan fingerprint density at radius 1 is 1.20 bits per heavy atom. The molecule has 20 heavy (non-hydrogen) atoms. The number of carbonyl (C=O) groups excluding carboxylic acids is 1. The highest BCUT2D eigenvalue weighted by Crippen LogP contribution is 2.31. The first-order valence-electron chi connectivity index (χ1n) is 5.49. The Balaban J connectivity index is 2.50. The number of anilines is 3. The van der Waals surface area contributed by atoms with Gasteiger partial charge in [0.15, 0.2) is 5.82 Å². The number of primary amides is 1. The van der Waals surface area contributed by atoms with E-state index in [1.165, 1.54) is 18.2 Å². The fourth-order valence-electron chi connectivity index (χ4n) is 1.68. The zero-order chi connectivity index (χ0) is 14.9. The maximum Gasteiger partial charge on any atom is 0.250 e. The van der Waals surface area contributed by atoms with Crippen molar-refractivity contribution in [2.24, 2.45) is 5.73 Å². The summed E-state index contributed by atoms with van der Waals surface area (Å²) in [6.45, 7) is 0. The Morgan fingerprint density at radius 3 is 2.50 bits per heavy atom. The van der Waals surface area contributed by atoms with Crippen LogP contribution >= 0.6 is 11.6 Å². The largest absolute Gasteiger partial charge is 0.399 e. The monoisotopic (exact) mass is 297 g/mol. The number of halogens is 3. The Hall–Kier alpha value is -2.34. The lowest BCUT2D eigenvalue weighted by molar-refractivity contribution is 0.100. The highest BCUT2D eigenvalue weighted by molar-refractivity contribution is 6.33. The molecule has 4 nitrogen and oxygen atoms in total. The summed E-state index contributed by atoms with van der Waals surface area (Å²) in [5.74, 6) is -2.42. The number of hydrogen-bond acceptors (Lipinski definition) is 3. The summed E-state index contributed by atoms with van der Waals surface area (Å²) in [5, 5.41) is 2.44. The predicted octanol–water partition coefficient (Wildman–Crippen LogP) is 3.04. The van der Waals surface area contributed by atoms with Crippen molar-refractivity contribution in [2.45, 2.75) is 0 Å². The van der Waals surface area contributed by atoms with Crippen LogP contribution in [0.15, 0.2) is 30.3 Å². The molecule has 2 aromatic rings. The van der Waals surface area contributed by atoms with Crippen LogP contribution in [0.4, 0.5) is 25.8 Å². The van der Waals surface area contributed by atoms with Crippen LogP contribution in [0.3, 0.4) is 0 Å². The minimum atomic E-state index is -0.896. The van der Waals surface area contributed by atoms with Crippen LogP contribution in [0.1, 0.15) is 10.4 Å². The van der Waals surface area contributed by atoms with E-state index in [0.717, 1.165) is 6.07 Å². The average molecular weight is 298 g/mol. The summed E-state index contributed by atoms with van der Waals surface area (Å²) in [5.41, 5.74) is 11.3. The van der Waals surface area contributed by atoms with Gasteiger partial charge in [-0.25, -0.2) is 8.78 Å². The fraction of sp³-hybridized carbons (Fsp3) is 0. The third kappa shape index (κ3) is 2.80. The number of benzene rings is 2. The van der Waals surface area contributed by atoms with Crippen molar-refractivity contribution in [1.29, 1.82) is 0 Å². The van der Waals surface area contributed by atoms with Crippen molar-refractivity contribution < 1.29 is 13.6 Å². The first kappa shape index (κ1) is 14.1. The molecule has 0 heterocycles. The number of hydrogen-bond donors (Lipinski definition) is 3. The van der Waals surface area contributed by atoms with E-state index in [2.05, 4.69) is 5.32 Å². The van der Waals surface area contributed by atoms with Gasteiger partial charge in [-0.1, -0.05) is 11.6 Å². The Kier molecular flexibility index (Phi) is 3.76. The van der Waals surface area contributed by atoms with Crippen LogP contribution in [0, 0.1) is 11.6 Å². The molecule has 0 unspecified atom stereocenters. The minimum Gasteiger partial charge on any atom is -0.399 e. The number of nitrogen functional groups attached to an aromatic ring is 1. The van der Waals surface area contributed by atoms with E-state index >= 15 is 0 Å². The molecule has 1 amide bonds. The van der Waals surface area contributed by atoms with Crippen LogP contribution in [0.2, 0.25) is 5.02 Å². The van der Waals surface area contributed by atoms with Crippen LogP contribution in [0.5, 0.6) is 0 Å². The molecule has 104 valence electrons. The smallest absolute Gasteiger partial charge is 0.250 e. The van der Waals surface area contributed by atoms with E-state index in [9.17, 15) is 13.6 Å². The van der Waals surface area contributed by atoms with Gasteiger partial charge in [0.25, 0.3) is 5.91 Å². The molecule has 0 radical (unpaired) electrons. The SMILES string of the molecule is NC(=O)c1ccc(N)cc1Nc1c(F)cc(F)cc1Cl. The molecule has 0 aliphatic rings. The lowest BCUT2D eigenvalue weighted by Crippen LogP contribution is -2.14. The second-order valence-corrected chi connectivity index (χ2v) is 4.45. The van der Waals surface area contributed by atoms with Crippen molar-refractivity contribution in [1.82, 2.24) is 0 Å². The molecule has 2 rings (SSSR count). The third-order valence-corrected chi connectivity index (χ3v) is 2.87. The molecule has 0 saturated heterocycles. The van der Waals surface area contributed by atoms with Crippen LogP contribution in [-0.4, -0.2) is 5.91 Å². The van der Waals surface area contributed by atoms with Crippen LogP contribution < -0.4 is 16.8 Å². The first-order chi connectivity index (χ1) is 9.38. The maximum atomic E-state index is 13.7. The molecular weight excluding hydrogens is 288 g/mol. The van der Waals surface area contributed by atoms with E-state index in [0.29, 0.717) is 11.8 Å². The van der Waals surface area contributed by atoms with Gasteiger partial charge >= 0.3 is 0 Å². The summed E-state index contributed by atoms with van der Waals surface area (Å²) in [4.78, 5) is 11.3. The Bertz CT molecular complexity index is 668. The fourth-order valence-corrected chi connectivity index (χ4v) is 1.92. The first-order valence-corrected chi connectivity index (χ1v) is 5.87. The van der Waals surface area contributed by atoms with E-state index < -0.39 is 17.5 Å². The summed E-state index contributed by atoms with van der Waals surface area (Å²) in [6, 6.07) is 5.90. The van der Waals surface area contributed by atoms with Gasteiger partial charge in [-0.2, -0.15) is 0 Å². The van der Waals surface area contributed by atoms with Crippen molar-refractivity contribution in [3.63, 3.8) is 0 Å². The zero-order valence-corrected chi connectivity index (χ0v) is 10.8. The predicted molar refractivity (Wildman–Crippen MR) is 74.0 cm³/mol. The van der Waals surface area contributed by atoms with Gasteiger partial charge in [0, 0.05) is 11.8 Å². The lowest BCUT2D eigenvalue weighted by atomic mass is 10.1. The van der Waals surface area contributed by atoms with Crippen molar-refractivity contribution in [3.05, 3.63) is 52.6 Å². The van der Waals surface area contributed by atoms with Crippen molar-refractivity contribution in [3.8, 4) is 0 Å².